The molecule has 0 unspecified atom stereocenters. The van der Waals surface area contributed by atoms with Crippen molar-refractivity contribution in [3.8, 4) is 0 Å². The summed E-state index contributed by atoms with van der Waals surface area (Å²) in [5, 5.41) is 0. The molecule has 1 aliphatic heterocycles. The topological polar surface area (TPSA) is 49.9 Å². The molecule has 0 aromatic heterocycles. The first-order chi connectivity index (χ1) is 12.3. The van der Waals surface area contributed by atoms with Crippen LogP contribution in [0.4, 0.5) is 5.69 Å². The van der Waals surface area contributed by atoms with Gasteiger partial charge in [-0.3, -0.25) is 4.79 Å². The first-order valence-electron chi connectivity index (χ1n) is 8.95. The van der Waals surface area contributed by atoms with Gasteiger partial charge in [-0.15, -0.1) is 0 Å². The molecule has 2 rings (SSSR count). The summed E-state index contributed by atoms with van der Waals surface area (Å²) in [4.78, 5) is 29.1. The van der Waals surface area contributed by atoms with Crippen LogP contribution in [0.2, 0.25) is 0 Å². The van der Waals surface area contributed by atoms with E-state index in [-0.39, 0.29) is 12.5 Å². The number of carbonyl (C=O) groups excluding carboxylic acids is 2. The average Bonchev–Trinajstić information content (AvgIpc) is 2.79. The van der Waals surface area contributed by atoms with Crippen LogP contribution >= 0.6 is 0 Å². The molecule has 5 heteroatoms. The third-order valence-electron chi connectivity index (χ3n) is 4.26. The highest BCUT2D eigenvalue weighted by Crippen LogP contribution is 2.32. The molecule has 0 N–H and O–H groups in total. The molecule has 5 nitrogen and oxygen atoms in total. The van der Waals surface area contributed by atoms with Crippen LogP contribution in [0.25, 0.3) is 6.08 Å². The average molecular weight is 356 g/mol. The van der Waals surface area contributed by atoms with Crippen LogP contribution in [0, 0.1) is 5.92 Å². The monoisotopic (exact) mass is 356 g/mol. The summed E-state index contributed by atoms with van der Waals surface area (Å²) < 4.78 is 5.19. The largest absolute Gasteiger partial charge is 0.462 e. The summed E-state index contributed by atoms with van der Waals surface area (Å²) >= 11 is 0. The van der Waals surface area contributed by atoms with Gasteiger partial charge in [0.25, 0.3) is 5.91 Å². The number of nitrogens with zero attached hydrogens (tertiary/aromatic N) is 2. The quantitative estimate of drug-likeness (QED) is 0.578. The highest BCUT2D eigenvalue weighted by atomic mass is 16.5. The number of ether oxygens (including phenoxy) is 1. The maximum Gasteiger partial charge on any atom is 0.340 e. The normalized spacial score (nSPS) is 16.0. The fraction of sp³-hybridized carbons (Fsp3) is 0.429. The SMILES string of the molecule is CCOC(=O)C1=C(C)N(CC(C)C)C(=O)/C1=C/c1ccc(N(C)C)cc1. The molecule has 26 heavy (non-hydrogen) atoms. The number of anilines is 1. The minimum Gasteiger partial charge on any atom is -0.462 e. The summed E-state index contributed by atoms with van der Waals surface area (Å²) in [6.07, 6.45) is 1.78. The number of rotatable bonds is 6. The molecule has 1 aromatic rings. The van der Waals surface area contributed by atoms with Crippen molar-refractivity contribution in [3.05, 3.63) is 46.7 Å². The Balaban J connectivity index is 2.45. The molecule has 1 aromatic carbocycles. The predicted octanol–water partition coefficient (Wildman–Crippen LogP) is 3.47. The van der Waals surface area contributed by atoms with E-state index in [0.717, 1.165) is 11.3 Å². The van der Waals surface area contributed by atoms with E-state index in [1.807, 2.05) is 64.0 Å². The Hall–Kier alpha value is -2.56. The molecule has 1 aliphatic rings. The van der Waals surface area contributed by atoms with E-state index in [9.17, 15) is 9.59 Å². The molecule has 0 spiro atoms. The Kier molecular flexibility index (Phi) is 6.24. The molecular weight excluding hydrogens is 328 g/mol. The van der Waals surface area contributed by atoms with Gasteiger partial charge in [0.2, 0.25) is 0 Å². The van der Waals surface area contributed by atoms with Gasteiger partial charge in [0.1, 0.15) is 0 Å². The molecule has 1 heterocycles. The Morgan fingerprint density at radius 3 is 2.35 bits per heavy atom. The van der Waals surface area contributed by atoms with Gasteiger partial charge in [-0.05, 0) is 43.5 Å². The second kappa shape index (κ2) is 8.21. The van der Waals surface area contributed by atoms with Crippen LogP contribution in [-0.2, 0) is 14.3 Å². The summed E-state index contributed by atoms with van der Waals surface area (Å²) in [6, 6.07) is 7.86. The van der Waals surface area contributed by atoms with Gasteiger partial charge in [0.05, 0.1) is 17.8 Å². The zero-order valence-corrected chi connectivity index (χ0v) is 16.5. The van der Waals surface area contributed by atoms with Crippen LogP contribution < -0.4 is 4.90 Å². The Bertz CT molecular complexity index is 743. The van der Waals surface area contributed by atoms with E-state index < -0.39 is 5.97 Å². The number of hydrogen-bond donors (Lipinski definition) is 0. The van der Waals surface area contributed by atoms with E-state index >= 15 is 0 Å². The van der Waals surface area contributed by atoms with Crippen LogP contribution in [0.5, 0.6) is 0 Å². The Morgan fingerprint density at radius 2 is 1.85 bits per heavy atom. The van der Waals surface area contributed by atoms with E-state index in [0.29, 0.717) is 29.3 Å². The van der Waals surface area contributed by atoms with Crippen molar-refractivity contribution in [1.29, 1.82) is 0 Å². The molecular formula is C21H28N2O3. The summed E-state index contributed by atoms with van der Waals surface area (Å²) in [7, 11) is 3.95. The van der Waals surface area contributed by atoms with Crippen molar-refractivity contribution in [2.24, 2.45) is 5.92 Å². The maximum atomic E-state index is 13.0. The fourth-order valence-electron chi connectivity index (χ4n) is 2.95. The lowest BCUT2D eigenvalue weighted by atomic mass is 10.0. The highest BCUT2D eigenvalue weighted by Gasteiger charge is 2.37. The van der Waals surface area contributed by atoms with Gasteiger partial charge in [-0.1, -0.05) is 26.0 Å². The van der Waals surface area contributed by atoms with E-state index in [1.54, 1.807) is 17.9 Å². The molecule has 1 amide bonds. The van der Waals surface area contributed by atoms with Gasteiger partial charge in [-0.25, -0.2) is 4.79 Å². The van der Waals surface area contributed by atoms with Crippen molar-refractivity contribution < 1.29 is 14.3 Å². The molecule has 140 valence electrons. The van der Waals surface area contributed by atoms with Crippen LogP contribution in [0.3, 0.4) is 0 Å². The molecule has 0 bridgehead atoms. The van der Waals surface area contributed by atoms with Crippen molar-refractivity contribution in [1.82, 2.24) is 4.90 Å². The number of esters is 1. The van der Waals surface area contributed by atoms with E-state index in [1.165, 1.54) is 0 Å². The van der Waals surface area contributed by atoms with Gasteiger partial charge in [0, 0.05) is 32.0 Å². The molecule has 0 fully saturated rings. The molecule has 0 saturated carbocycles. The molecule has 0 atom stereocenters. The van der Waals surface area contributed by atoms with Crippen LogP contribution in [0.1, 0.15) is 33.3 Å². The minimum atomic E-state index is -0.444. The minimum absolute atomic E-state index is 0.143. The third kappa shape index (κ3) is 4.15. The van der Waals surface area contributed by atoms with Crippen molar-refractivity contribution in [3.63, 3.8) is 0 Å². The van der Waals surface area contributed by atoms with Crippen molar-refractivity contribution in [2.75, 3.05) is 32.1 Å². The number of amides is 1. The summed E-state index contributed by atoms with van der Waals surface area (Å²) in [6.45, 7) is 8.52. The summed E-state index contributed by atoms with van der Waals surface area (Å²) in [5.74, 6) is -0.284. The molecule has 0 radical (unpaired) electrons. The third-order valence-corrected chi connectivity index (χ3v) is 4.26. The standard InChI is InChI=1S/C21H28N2O3/c1-7-26-21(25)19-15(4)23(13-14(2)3)20(24)18(19)12-16-8-10-17(11-9-16)22(5)6/h8-12,14H,7,13H2,1-6H3/b18-12+. The lowest BCUT2D eigenvalue weighted by molar-refractivity contribution is -0.138. The van der Waals surface area contributed by atoms with Gasteiger partial charge < -0.3 is 14.5 Å². The zero-order chi connectivity index (χ0) is 19.4. The number of allylic oxidation sites excluding steroid dienone is 1. The first-order valence-corrected chi connectivity index (χ1v) is 8.95. The number of carbonyl (C=O) groups is 2. The molecule has 0 saturated heterocycles. The lowest BCUT2D eigenvalue weighted by Gasteiger charge is -2.20. The number of hydrogen-bond acceptors (Lipinski definition) is 4. The van der Waals surface area contributed by atoms with E-state index in [2.05, 4.69) is 0 Å². The number of benzene rings is 1. The molecule has 0 aliphatic carbocycles. The van der Waals surface area contributed by atoms with Gasteiger partial charge in [0.15, 0.2) is 0 Å². The highest BCUT2D eigenvalue weighted by molar-refractivity contribution is 6.16. The van der Waals surface area contributed by atoms with E-state index in [4.69, 9.17) is 4.74 Å². The fourth-order valence-corrected chi connectivity index (χ4v) is 2.95. The van der Waals surface area contributed by atoms with Crippen molar-refractivity contribution in [2.45, 2.75) is 27.7 Å². The zero-order valence-electron chi connectivity index (χ0n) is 16.5. The second-order valence-corrected chi connectivity index (χ2v) is 7.03. The van der Waals surface area contributed by atoms with Crippen LogP contribution in [-0.4, -0.2) is 44.0 Å². The maximum absolute atomic E-state index is 13.0. The van der Waals surface area contributed by atoms with Gasteiger partial charge in [-0.2, -0.15) is 0 Å². The smallest absolute Gasteiger partial charge is 0.340 e. The Labute approximate surface area is 155 Å². The van der Waals surface area contributed by atoms with Crippen molar-refractivity contribution >= 4 is 23.6 Å². The van der Waals surface area contributed by atoms with Crippen LogP contribution in [0.15, 0.2) is 41.1 Å². The Morgan fingerprint density at radius 1 is 1.23 bits per heavy atom. The van der Waals surface area contributed by atoms with Gasteiger partial charge >= 0.3 is 5.97 Å². The summed E-state index contributed by atoms with van der Waals surface area (Å²) in [5.41, 5.74) is 3.38. The predicted molar refractivity (Wildman–Crippen MR) is 105 cm³/mol. The lowest BCUT2D eigenvalue weighted by Crippen LogP contribution is -2.28. The second-order valence-electron chi connectivity index (χ2n) is 7.03. The first kappa shape index (κ1) is 19.8.